The maximum Gasteiger partial charge on any atom is 0.263 e. The van der Waals surface area contributed by atoms with E-state index in [2.05, 4.69) is 4.98 Å². The lowest BCUT2D eigenvalue weighted by molar-refractivity contribution is 0.298. The van der Waals surface area contributed by atoms with Gasteiger partial charge in [0.1, 0.15) is 17.2 Å². The highest BCUT2D eigenvalue weighted by molar-refractivity contribution is 8.13. The molecule has 0 N–H and O–H groups in total. The van der Waals surface area contributed by atoms with Gasteiger partial charge in [-0.2, -0.15) is 0 Å². The summed E-state index contributed by atoms with van der Waals surface area (Å²) in [6, 6.07) is 0. The molecule has 1 aromatic heterocycles. The van der Waals surface area contributed by atoms with E-state index in [0.717, 1.165) is 0 Å². The van der Waals surface area contributed by atoms with Crippen molar-refractivity contribution in [1.29, 1.82) is 0 Å². The fourth-order valence-electron chi connectivity index (χ4n) is 1.74. The third-order valence-corrected chi connectivity index (χ3v) is 3.97. The molecule has 0 saturated carbocycles. The third kappa shape index (κ3) is 1.82. The fourth-order valence-corrected chi connectivity index (χ4v) is 2.85. The normalized spacial score (nSPS) is 15.6. The standard InChI is InChI=1S/C9H11ClN2O3S/c1-6-7(16(10,13)14)5-11-9-8(6)12(2)3-4-15-9/h5H,3-4H2,1-2H3. The second-order valence-electron chi connectivity index (χ2n) is 3.61. The largest absolute Gasteiger partial charge is 0.474 e. The topological polar surface area (TPSA) is 59.5 Å². The Labute approximate surface area is 98.4 Å². The second-order valence-corrected chi connectivity index (χ2v) is 6.14. The van der Waals surface area contributed by atoms with Gasteiger partial charge in [0, 0.05) is 17.7 Å². The molecule has 2 rings (SSSR count). The molecule has 0 atom stereocenters. The molecule has 0 saturated heterocycles. The van der Waals surface area contributed by atoms with Crippen molar-refractivity contribution in [3.63, 3.8) is 0 Å². The van der Waals surface area contributed by atoms with E-state index in [4.69, 9.17) is 15.4 Å². The van der Waals surface area contributed by atoms with Crippen molar-refractivity contribution in [3.05, 3.63) is 11.8 Å². The van der Waals surface area contributed by atoms with Crippen LogP contribution in [0.15, 0.2) is 11.1 Å². The van der Waals surface area contributed by atoms with Gasteiger partial charge in [0.05, 0.1) is 12.7 Å². The Bertz CT molecular complexity index is 530. The molecule has 0 aromatic carbocycles. The monoisotopic (exact) mass is 262 g/mol. The molecule has 1 aliphatic rings. The first-order valence-corrected chi connectivity index (χ1v) is 7.00. The lowest BCUT2D eigenvalue weighted by atomic mass is 10.2. The van der Waals surface area contributed by atoms with Gasteiger partial charge < -0.3 is 9.64 Å². The first-order chi connectivity index (χ1) is 7.41. The quantitative estimate of drug-likeness (QED) is 0.711. The molecule has 2 heterocycles. The molecule has 88 valence electrons. The number of likely N-dealkylation sites (N-methyl/N-ethyl adjacent to an activating group) is 1. The van der Waals surface area contributed by atoms with Gasteiger partial charge >= 0.3 is 0 Å². The molecule has 0 spiro atoms. The smallest absolute Gasteiger partial charge is 0.263 e. The number of hydrogen-bond donors (Lipinski definition) is 0. The highest BCUT2D eigenvalue weighted by Gasteiger charge is 2.24. The van der Waals surface area contributed by atoms with Crippen LogP contribution in [-0.2, 0) is 9.05 Å². The lowest BCUT2D eigenvalue weighted by Crippen LogP contribution is -2.30. The average Bonchev–Trinajstić information content (AvgIpc) is 2.16. The molecule has 1 aliphatic heterocycles. The highest BCUT2D eigenvalue weighted by atomic mass is 35.7. The number of anilines is 1. The maximum atomic E-state index is 11.3. The molecule has 0 fully saturated rings. The summed E-state index contributed by atoms with van der Waals surface area (Å²) < 4.78 is 28.0. The van der Waals surface area contributed by atoms with E-state index in [0.29, 0.717) is 30.3 Å². The zero-order chi connectivity index (χ0) is 11.9. The van der Waals surface area contributed by atoms with Gasteiger partial charge in [-0.15, -0.1) is 0 Å². The highest BCUT2D eigenvalue weighted by Crippen LogP contribution is 2.35. The number of hydrogen-bond acceptors (Lipinski definition) is 5. The minimum absolute atomic E-state index is 0.0327. The Morgan fingerprint density at radius 1 is 1.56 bits per heavy atom. The Balaban J connectivity index is 2.67. The molecule has 0 unspecified atom stereocenters. The van der Waals surface area contributed by atoms with Crippen molar-refractivity contribution in [1.82, 2.24) is 4.98 Å². The predicted octanol–water partition coefficient (Wildman–Crippen LogP) is 1.15. The van der Waals surface area contributed by atoms with Crippen LogP contribution >= 0.6 is 10.7 Å². The average molecular weight is 263 g/mol. The van der Waals surface area contributed by atoms with E-state index in [1.807, 2.05) is 11.9 Å². The Morgan fingerprint density at radius 2 is 2.25 bits per heavy atom. The van der Waals surface area contributed by atoms with Crippen molar-refractivity contribution < 1.29 is 13.2 Å². The SMILES string of the molecule is Cc1c(S(=O)(=O)Cl)cnc2c1N(C)CCO2. The molecular formula is C9H11ClN2O3S. The van der Waals surface area contributed by atoms with Crippen molar-refractivity contribution in [3.8, 4) is 5.88 Å². The van der Waals surface area contributed by atoms with Gasteiger partial charge in [-0.05, 0) is 12.5 Å². The van der Waals surface area contributed by atoms with Crippen LogP contribution in [0.5, 0.6) is 5.88 Å². The van der Waals surface area contributed by atoms with E-state index in [9.17, 15) is 8.42 Å². The van der Waals surface area contributed by atoms with Crippen LogP contribution in [0.1, 0.15) is 5.56 Å². The van der Waals surface area contributed by atoms with E-state index in [1.165, 1.54) is 6.20 Å². The summed E-state index contributed by atoms with van der Waals surface area (Å²) in [5, 5.41) is 0. The third-order valence-electron chi connectivity index (χ3n) is 2.54. The van der Waals surface area contributed by atoms with Crippen LogP contribution in [0.3, 0.4) is 0 Å². The minimum Gasteiger partial charge on any atom is -0.474 e. The molecule has 0 amide bonds. The summed E-state index contributed by atoms with van der Waals surface area (Å²) in [7, 11) is 3.43. The molecule has 0 bridgehead atoms. The molecule has 16 heavy (non-hydrogen) atoms. The number of aromatic nitrogens is 1. The van der Waals surface area contributed by atoms with Crippen molar-refractivity contribution in [2.24, 2.45) is 0 Å². The summed E-state index contributed by atoms with van der Waals surface area (Å²) in [6.45, 7) is 2.94. The Kier molecular flexibility index (Phi) is 2.71. The zero-order valence-corrected chi connectivity index (χ0v) is 10.5. The van der Waals surface area contributed by atoms with Crippen molar-refractivity contribution in [2.45, 2.75) is 11.8 Å². The van der Waals surface area contributed by atoms with Crippen LogP contribution in [-0.4, -0.2) is 33.6 Å². The van der Waals surface area contributed by atoms with E-state index in [-0.39, 0.29) is 4.90 Å². The molecule has 0 aliphatic carbocycles. The number of pyridine rings is 1. The molecule has 1 aromatic rings. The van der Waals surface area contributed by atoms with Crippen LogP contribution < -0.4 is 9.64 Å². The van der Waals surface area contributed by atoms with E-state index >= 15 is 0 Å². The maximum absolute atomic E-state index is 11.3. The second kappa shape index (κ2) is 3.78. The summed E-state index contributed by atoms with van der Waals surface area (Å²) in [4.78, 5) is 5.91. The minimum atomic E-state index is -3.76. The molecule has 7 heteroatoms. The Hall–Kier alpha value is -1.01. The first kappa shape index (κ1) is 11.5. The number of fused-ring (bicyclic) bond motifs is 1. The van der Waals surface area contributed by atoms with Gasteiger partial charge in [-0.1, -0.05) is 0 Å². The summed E-state index contributed by atoms with van der Waals surface area (Å²) in [5.41, 5.74) is 1.26. The van der Waals surface area contributed by atoms with Crippen molar-refractivity contribution in [2.75, 3.05) is 25.1 Å². The predicted molar refractivity (Wildman–Crippen MR) is 60.8 cm³/mol. The van der Waals surface area contributed by atoms with Gasteiger partial charge in [0.25, 0.3) is 9.05 Å². The number of ether oxygens (including phenoxy) is 1. The van der Waals surface area contributed by atoms with Gasteiger partial charge in [0.2, 0.25) is 5.88 Å². The molecule has 0 radical (unpaired) electrons. The van der Waals surface area contributed by atoms with Crippen LogP contribution in [0.4, 0.5) is 5.69 Å². The molecular weight excluding hydrogens is 252 g/mol. The fraction of sp³-hybridized carbons (Fsp3) is 0.444. The number of nitrogens with zero attached hydrogens (tertiary/aromatic N) is 2. The van der Waals surface area contributed by atoms with Gasteiger partial charge in [0.15, 0.2) is 0 Å². The van der Waals surface area contributed by atoms with Gasteiger partial charge in [-0.25, -0.2) is 13.4 Å². The van der Waals surface area contributed by atoms with Crippen LogP contribution in [0.25, 0.3) is 0 Å². The number of rotatable bonds is 1. The first-order valence-electron chi connectivity index (χ1n) is 4.69. The zero-order valence-electron chi connectivity index (χ0n) is 8.90. The van der Waals surface area contributed by atoms with Crippen LogP contribution in [0.2, 0.25) is 0 Å². The number of halogens is 1. The van der Waals surface area contributed by atoms with E-state index in [1.54, 1.807) is 6.92 Å². The van der Waals surface area contributed by atoms with E-state index < -0.39 is 9.05 Å². The van der Waals surface area contributed by atoms with Crippen LogP contribution in [0, 0.1) is 6.92 Å². The summed E-state index contributed by atoms with van der Waals surface area (Å²) in [5.74, 6) is 0.454. The molecule has 5 nitrogen and oxygen atoms in total. The van der Waals surface area contributed by atoms with Crippen molar-refractivity contribution >= 4 is 25.4 Å². The summed E-state index contributed by atoms with van der Waals surface area (Å²) in [6.07, 6.45) is 1.23. The van der Waals surface area contributed by atoms with Gasteiger partial charge in [-0.3, -0.25) is 0 Å². The Morgan fingerprint density at radius 3 is 2.88 bits per heavy atom. The summed E-state index contributed by atoms with van der Waals surface area (Å²) >= 11 is 0. The lowest BCUT2D eigenvalue weighted by Gasteiger charge is -2.28.